The predicted octanol–water partition coefficient (Wildman–Crippen LogP) is -0.865. The number of anilines is 1. The average Bonchev–Trinajstić information content (AvgIpc) is 2.20. The minimum absolute atomic E-state index is 0. The van der Waals surface area contributed by atoms with Gasteiger partial charge in [0.15, 0.2) is 0 Å². The van der Waals surface area contributed by atoms with Crippen molar-refractivity contribution in [2.75, 3.05) is 5.73 Å². The van der Waals surface area contributed by atoms with Crippen molar-refractivity contribution in [3.05, 3.63) is 48.7 Å². The van der Waals surface area contributed by atoms with Crippen LogP contribution in [0.4, 0.5) is 5.69 Å². The number of nitrogens with zero attached hydrogens (tertiary/aromatic N) is 1. The zero-order valence-corrected chi connectivity index (χ0v) is 10.1. The first-order chi connectivity index (χ1) is 6.38. The van der Waals surface area contributed by atoms with Gasteiger partial charge in [-0.15, -0.1) is 0 Å². The third-order valence-electron chi connectivity index (χ3n) is 1.83. The molecule has 64 valence electrons. The summed E-state index contributed by atoms with van der Waals surface area (Å²) >= 11 is 0. The summed E-state index contributed by atoms with van der Waals surface area (Å²) in [5.41, 5.74) is 8.27. The van der Waals surface area contributed by atoms with E-state index in [2.05, 4.69) is 11.1 Å². The van der Waals surface area contributed by atoms with Crippen LogP contribution in [-0.2, 0) is 0 Å². The summed E-state index contributed by atoms with van der Waals surface area (Å²) < 4.78 is 0. The van der Waals surface area contributed by atoms with Gasteiger partial charge in [0.2, 0.25) is 0 Å². The van der Waals surface area contributed by atoms with E-state index in [-0.39, 0.29) is 29.6 Å². The Hall–Kier alpha value is -0.830. The molecule has 0 unspecified atom stereocenters. The SMILES string of the molecule is Nc1c[c-]cnc1-c1ccccc1.[Na+]. The summed E-state index contributed by atoms with van der Waals surface area (Å²) in [5.74, 6) is 0. The molecule has 0 atom stereocenters. The van der Waals surface area contributed by atoms with E-state index in [1.165, 1.54) is 0 Å². The number of pyridine rings is 1. The van der Waals surface area contributed by atoms with Gasteiger partial charge in [-0.2, -0.15) is 0 Å². The van der Waals surface area contributed by atoms with Crippen LogP contribution in [-0.4, -0.2) is 4.98 Å². The molecule has 2 N–H and O–H groups in total. The maximum atomic E-state index is 5.76. The molecule has 2 nitrogen and oxygen atoms in total. The van der Waals surface area contributed by atoms with Gasteiger partial charge in [-0.1, -0.05) is 42.2 Å². The fourth-order valence-electron chi connectivity index (χ4n) is 1.21. The van der Waals surface area contributed by atoms with E-state index in [1.807, 2.05) is 30.3 Å². The van der Waals surface area contributed by atoms with Crippen LogP contribution in [0.3, 0.4) is 0 Å². The molecule has 3 heteroatoms. The van der Waals surface area contributed by atoms with E-state index in [9.17, 15) is 0 Å². The zero-order valence-electron chi connectivity index (χ0n) is 8.07. The molecule has 2 rings (SSSR count). The quantitative estimate of drug-likeness (QED) is 0.471. The van der Waals surface area contributed by atoms with Gasteiger partial charge in [0.05, 0.1) is 0 Å². The van der Waals surface area contributed by atoms with Crippen molar-refractivity contribution in [1.82, 2.24) is 4.98 Å². The van der Waals surface area contributed by atoms with Gasteiger partial charge in [-0.25, -0.2) is 12.1 Å². The summed E-state index contributed by atoms with van der Waals surface area (Å²) in [7, 11) is 0. The van der Waals surface area contributed by atoms with Gasteiger partial charge < -0.3 is 5.73 Å². The molecular formula is C11H9N2Na. The van der Waals surface area contributed by atoms with Crippen molar-refractivity contribution in [3.8, 4) is 11.3 Å². The van der Waals surface area contributed by atoms with E-state index in [4.69, 9.17) is 5.73 Å². The van der Waals surface area contributed by atoms with Crippen LogP contribution in [0.15, 0.2) is 42.6 Å². The second-order valence-electron chi connectivity index (χ2n) is 2.74. The van der Waals surface area contributed by atoms with Gasteiger partial charge in [0.1, 0.15) is 0 Å². The Labute approximate surface area is 105 Å². The number of rotatable bonds is 1. The second kappa shape index (κ2) is 5.15. The van der Waals surface area contributed by atoms with E-state index < -0.39 is 0 Å². The van der Waals surface area contributed by atoms with Gasteiger partial charge in [-0.3, -0.25) is 4.98 Å². The second-order valence-corrected chi connectivity index (χ2v) is 2.74. The molecule has 1 heterocycles. The summed E-state index contributed by atoms with van der Waals surface area (Å²) in [5, 5.41) is 0. The Morgan fingerprint density at radius 3 is 2.50 bits per heavy atom. The van der Waals surface area contributed by atoms with E-state index in [0.29, 0.717) is 5.69 Å². The Bertz CT molecular complexity index is 401. The van der Waals surface area contributed by atoms with Gasteiger partial charge in [0, 0.05) is 5.69 Å². The van der Waals surface area contributed by atoms with E-state index >= 15 is 0 Å². The maximum absolute atomic E-state index is 5.76. The molecule has 0 saturated carbocycles. The molecule has 1 aromatic heterocycles. The van der Waals surface area contributed by atoms with Crippen molar-refractivity contribution in [2.24, 2.45) is 0 Å². The monoisotopic (exact) mass is 192 g/mol. The Balaban J connectivity index is 0.000000980. The Morgan fingerprint density at radius 1 is 1.14 bits per heavy atom. The largest absolute Gasteiger partial charge is 1.00 e. The van der Waals surface area contributed by atoms with Crippen molar-refractivity contribution >= 4 is 5.69 Å². The molecule has 0 spiro atoms. The topological polar surface area (TPSA) is 38.9 Å². The third kappa shape index (κ3) is 2.35. The molecule has 0 aliphatic heterocycles. The fourth-order valence-corrected chi connectivity index (χ4v) is 1.21. The van der Waals surface area contributed by atoms with E-state index in [1.54, 1.807) is 12.3 Å². The molecule has 2 aromatic rings. The van der Waals surface area contributed by atoms with Crippen LogP contribution >= 0.6 is 0 Å². The summed E-state index contributed by atoms with van der Waals surface area (Å²) in [6.07, 6.45) is 1.62. The van der Waals surface area contributed by atoms with Gasteiger partial charge in [0.25, 0.3) is 0 Å². The number of nitrogen functional groups attached to an aromatic ring is 1. The minimum atomic E-state index is 0. The molecule has 0 fully saturated rings. The minimum Gasteiger partial charge on any atom is -0.473 e. The van der Waals surface area contributed by atoms with Crippen molar-refractivity contribution in [1.29, 1.82) is 0 Å². The molecule has 0 aliphatic rings. The van der Waals surface area contributed by atoms with Crippen LogP contribution in [0.2, 0.25) is 0 Å². The number of hydrogen-bond donors (Lipinski definition) is 1. The average molecular weight is 192 g/mol. The molecule has 0 aliphatic carbocycles. The first kappa shape index (κ1) is 11.2. The number of hydrogen-bond acceptors (Lipinski definition) is 2. The Morgan fingerprint density at radius 2 is 1.86 bits per heavy atom. The normalized spacial score (nSPS) is 9.14. The van der Waals surface area contributed by atoms with Gasteiger partial charge >= 0.3 is 29.6 Å². The summed E-state index contributed by atoms with van der Waals surface area (Å²) in [4.78, 5) is 4.17. The van der Waals surface area contributed by atoms with Crippen molar-refractivity contribution in [2.45, 2.75) is 0 Å². The number of aromatic nitrogens is 1. The first-order valence-electron chi connectivity index (χ1n) is 4.05. The zero-order chi connectivity index (χ0) is 9.10. The molecule has 0 saturated heterocycles. The molecule has 0 radical (unpaired) electrons. The molecule has 0 bridgehead atoms. The fraction of sp³-hybridized carbons (Fsp3) is 0. The van der Waals surface area contributed by atoms with Crippen molar-refractivity contribution < 1.29 is 29.6 Å². The molecule has 1 aromatic carbocycles. The third-order valence-corrected chi connectivity index (χ3v) is 1.83. The molecule has 0 amide bonds. The number of benzene rings is 1. The van der Waals surface area contributed by atoms with Crippen LogP contribution in [0.5, 0.6) is 0 Å². The molecular weight excluding hydrogens is 183 g/mol. The molecule has 14 heavy (non-hydrogen) atoms. The van der Waals surface area contributed by atoms with Crippen LogP contribution < -0.4 is 35.3 Å². The standard InChI is InChI=1S/C11H9N2.Na/c12-10-7-4-8-13-11(10)9-5-2-1-3-6-9;/h1-3,5-8H,12H2;/q-1;+1. The van der Waals surface area contributed by atoms with E-state index in [0.717, 1.165) is 11.3 Å². The van der Waals surface area contributed by atoms with Crippen LogP contribution in [0.1, 0.15) is 0 Å². The first-order valence-corrected chi connectivity index (χ1v) is 4.05. The van der Waals surface area contributed by atoms with Crippen LogP contribution in [0, 0.1) is 6.07 Å². The number of nitrogens with two attached hydrogens (primary N) is 1. The summed E-state index contributed by atoms with van der Waals surface area (Å²) in [6.45, 7) is 0. The summed E-state index contributed by atoms with van der Waals surface area (Å²) in [6, 6.07) is 14.4. The predicted molar refractivity (Wildman–Crippen MR) is 52.9 cm³/mol. The van der Waals surface area contributed by atoms with Crippen molar-refractivity contribution in [3.63, 3.8) is 0 Å². The van der Waals surface area contributed by atoms with Gasteiger partial charge in [-0.05, 0) is 5.56 Å². The maximum Gasteiger partial charge on any atom is 1.00 e. The smallest absolute Gasteiger partial charge is 0.473 e. The Kier molecular flexibility index (Phi) is 4.14. The van der Waals surface area contributed by atoms with Crippen LogP contribution in [0.25, 0.3) is 11.3 Å².